The van der Waals surface area contributed by atoms with E-state index in [2.05, 4.69) is 4.98 Å². The molecule has 1 heterocycles. The normalized spacial score (nSPS) is 12.4. The highest BCUT2D eigenvalue weighted by atomic mass is 16.3. The first-order valence-electron chi connectivity index (χ1n) is 5.40. The molecule has 2 rings (SSSR count). The van der Waals surface area contributed by atoms with E-state index in [-0.39, 0.29) is 0 Å². The fraction of sp³-hybridized carbons (Fsp3) is 0.214. The van der Waals surface area contributed by atoms with Crippen molar-refractivity contribution >= 4 is 0 Å². The quantitative estimate of drug-likeness (QED) is 0.850. The molecular formula is C14H15NO. The first kappa shape index (κ1) is 10.8. The summed E-state index contributed by atoms with van der Waals surface area (Å²) < 4.78 is 0. The minimum atomic E-state index is -0.455. The van der Waals surface area contributed by atoms with Crippen molar-refractivity contribution in [3.63, 3.8) is 0 Å². The second kappa shape index (κ2) is 4.90. The van der Waals surface area contributed by atoms with E-state index in [0.717, 1.165) is 16.8 Å². The second-order valence-corrected chi connectivity index (χ2v) is 3.94. The van der Waals surface area contributed by atoms with Crippen LogP contribution in [0.25, 0.3) is 0 Å². The van der Waals surface area contributed by atoms with Crippen LogP contribution in [-0.2, 0) is 6.42 Å². The average Bonchev–Trinajstić information content (AvgIpc) is 2.30. The maximum Gasteiger partial charge on any atom is 0.0831 e. The van der Waals surface area contributed by atoms with Gasteiger partial charge in [0.05, 0.1) is 6.10 Å². The number of aliphatic hydroxyl groups excluding tert-OH is 1. The number of hydrogen-bond acceptors (Lipinski definition) is 2. The summed E-state index contributed by atoms with van der Waals surface area (Å²) >= 11 is 0. The average molecular weight is 213 g/mol. The molecule has 1 aromatic heterocycles. The molecule has 0 fully saturated rings. The number of benzene rings is 1. The number of aliphatic hydroxyl groups is 1. The number of hydrogen-bond donors (Lipinski definition) is 1. The van der Waals surface area contributed by atoms with Crippen LogP contribution in [0.15, 0.2) is 48.7 Å². The lowest BCUT2D eigenvalue weighted by Gasteiger charge is -2.11. The Kier molecular flexibility index (Phi) is 3.32. The number of nitrogens with zero attached hydrogens (tertiary/aromatic N) is 1. The lowest BCUT2D eigenvalue weighted by molar-refractivity contribution is 0.178. The van der Waals surface area contributed by atoms with Crippen LogP contribution in [0, 0.1) is 6.92 Å². The topological polar surface area (TPSA) is 33.1 Å². The Bertz CT molecular complexity index is 453. The van der Waals surface area contributed by atoms with Crippen molar-refractivity contribution in [2.24, 2.45) is 0 Å². The Morgan fingerprint density at radius 2 is 1.94 bits per heavy atom. The van der Waals surface area contributed by atoms with Gasteiger partial charge in [0.2, 0.25) is 0 Å². The van der Waals surface area contributed by atoms with E-state index < -0.39 is 6.10 Å². The zero-order valence-electron chi connectivity index (χ0n) is 9.30. The molecular weight excluding hydrogens is 198 g/mol. The highest BCUT2D eigenvalue weighted by Gasteiger charge is 2.08. The monoisotopic (exact) mass is 213 g/mol. The van der Waals surface area contributed by atoms with Gasteiger partial charge in [-0.15, -0.1) is 0 Å². The van der Waals surface area contributed by atoms with Gasteiger partial charge in [0.15, 0.2) is 0 Å². The van der Waals surface area contributed by atoms with Crippen LogP contribution in [0.4, 0.5) is 0 Å². The smallest absolute Gasteiger partial charge is 0.0831 e. The van der Waals surface area contributed by atoms with Crippen LogP contribution in [0.5, 0.6) is 0 Å². The van der Waals surface area contributed by atoms with Crippen molar-refractivity contribution in [2.45, 2.75) is 19.4 Å². The first-order chi connectivity index (χ1) is 7.75. The molecule has 0 spiro atoms. The van der Waals surface area contributed by atoms with Crippen molar-refractivity contribution in [2.75, 3.05) is 0 Å². The molecule has 0 radical (unpaired) electrons. The Morgan fingerprint density at radius 3 is 2.62 bits per heavy atom. The highest BCUT2D eigenvalue weighted by Crippen LogP contribution is 2.18. The van der Waals surface area contributed by atoms with Crippen LogP contribution in [0.3, 0.4) is 0 Å². The van der Waals surface area contributed by atoms with E-state index in [1.807, 2.05) is 49.4 Å². The van der Waals surface area contributed by atoms with Gasteiger partial charge in [-0.3, -0.25) is 4.98 Å². The Morgan fingerprint density at radius 1 is 1.19 bits per heavy atom. The number of rotatable bonds is 3. The molecule has 2 heteroatoms. The molecule has 2 nitrogen and oxygen atoms in total. The third kappa shape index (κ3) is 2.67. The predicted molar refractivity (Wildman–Crippen MR) is 64.1 cm³/mol. The molecule has 0 aliphatic heterocycles. The van der Waals surface area contributed by atoms with E-state index in [9.17, 15) is 5.11 Å². The molecule has 0 amide bonds. The standard InChI is InChI=1S/C14H15NO/c1-11-9-13(7-8-15-11)14(16)10-12-5-3-2-4-6-12/h2-9,14,16H,10H2,1H3. The number of aromatic nitrogens is 1. The summed E-state index contributed by atoms with van der Waals surface area (Å²) in [7, 11) is 0. The second-order valence-electron chi connectivity index (χ2n) is 3.94. The van der Waals surface area contributed by atoms with Gasteiger partial charge in [-0.05, 0) is 30.2 Å². The predicted octanol–water partition coefficient (Wildman–Crippen LogP) is 2.67. The van der Waals surface area contributed by atoms with Gasteiger partial charge in [-0.1, -0.05) is 30.3 Å². The molecule has 1 N–H and O–H groups in total. The van der Waals surface area contributed by atoms with Gasteiger partial charge in [0.1, 0.15) is 0 Å². The zero-order chi connectivity index (χ0) is 11.4. The molecule has 1 unspecified atom stereocenters. The van der Waals surface area contributed by atoms with Gasteiger partial charge in [0, 0.05) is 18.3 Å². The van der Waals surface area contributed by atoms with Gasteiger partial charge in [-0.25, -0.2) is 0 Å². The lowest BCUT2D eigenvalue weighted by Crippen LogP contribution is -2.02. The SMILES string of the molecule is Cc1cc(C(O)Cc2ccccc2)ccn1. The van der Waals surface area contributed by atoms with E-state index in [1.165, 1.54) is 0 Å². The summed E-state index contributed by atoms with van der Waals surface area (Å²) in [6, 6.07) is 13.8. The van der Waals surface area contributed by atoms with E-state index in [0.29, 0.717) is 6.42 Å². The fourth-order valence-electron chi connectivity index (χ4n) is 1.73. The summed E-state index contributed by atoms with van der Waals surface area (Å²) in [4.78, 5) is 4.12. The summed E-state index contributed by atoms with van der Waals surface area (Å²) in [5.41, 5.74) is 3.01. The van der Waals surface area contributed by atoms with Gasteiger partial charge in [0.25, 0.3) is 0 Å². The molecule has 1 atom stereocenters. The Labute approximate surface area is 95.6 Å². The summed E-state index contributed by atoms with van der Waals surface area (Å²) in [6.07, 6.45) is 1.92. The first-order valence-corrected chi connectivity index (χ1v) is 5.40. The Balaban J connectivity index is 2.12. The van der Waals surface area contributed by atoms with Gasteiger partial charge >= 0.3 is 0 Å². The van der Waals surface area contributed by atoms with E-state index in [1.54, 1.807) is 6.20 Å². The van der Waals surface area contributed by atoms with Crippen LogP contribution < -0.4 is 0 Å². The minimum absolute atomic E-state index is 0.455. The number of aryl methyl sites for hydroxylation is 1. The fourth-order valence-corrected chi connectivity index (χ4v) is 1.73. The van der Waals surface area contributed by atoms with Crippen molar-refractivity contribution < 1.29 is 5.11 Å². The van der Waals surface area contributed by atoms with Gasteiger partial charge in [-0.2, -0.15) is 0 Å². The molecule has 2 aromatic rings. The van der Waals surface area contributed by atoms with Crippen LogP contribution >= 0.6 is 0 Å². The Hall–Kier alpha value is -1.67. The van der Waals surface area contributed by atoms with E-state index >= 15 is 0 Å². The molecule has 0 aliphatic rings. The highest BCUT2D eigenvalue weighted by molar-refractivity contribution is 5.22. The van der Waals surface area contributed by atoms with Crippen LogP contribution in [0.1, 0.15) is 22.9 Å². The zero-order valence-corrected chi connectivity index (χ0v) is 9.30. The molecule has 0 saturated carbocycles. The maximum absolute atomic E-state index is 10.1. The molecule has 1 aromatic carbocycles. The minimum Gasteiger partial charge on any atom is -0.388 e. The van der Waals surface area contributed by atoms with Crippen molar-refractivity contribution in [1.82, 2.24) is 4.98 Å². The van der Waals surface area contributed by atoms with Crippen LogP contribution in [0.2, 0.25) is 0 Å². The summed E-state index contributed by atoms with van der Waals surface area (Å²) in [5.74, 6) is 0. The molecule has 16 heavy (non-hydrogen) atoms. The lowest BCUT2D eigenvalue weighted by atomic mass is 10.0. The van der Waals surface area contributed by atoms with Crippen molar-refractivity contribution in [1.29, 1.82) is 0 Å². The molecule has 82 valence electrons. The van der Waals surface area contributed by atoms with Crippen molar-refractivity contribution in [3.8, 4) is 0 Å². The van der Waals surface area contributed by atoms with Gasteiger partial charge < -0.3 is 5.11 Å². The molecule has 0 bridgehead atoms. The maximum atomic E-state index is 10.1. The van der Waals surface area contributed by atoms with E-state index in [4.69, 9.17) is 0 Å². The van der Waals surface area contributed by atoms with Crippen LogP contribution in [-0.4, -0.2) is 10.1 Å². The third-order valence-electron chi connectivity index (χ3n) is 2.58. The summed E-state index contributed by atoms with van der Waals surface area (Å²) in [5, 5.41) is 10.1. The largest absolute Gasteiger partial charge is 0.388 e. The molecule has 0 saturated heterocycles. The summed E-state index contributed by atoms with van der Waals surface area (Å²) in [6.45, 7) is 1.93. The van der Waals surface area contributed by atoms with Crippen molar-refractivity contribution in [3.05, 3.63) is 65.5 Å². The molecule has 0 aliphatic carbocycles. The third-order valence-corrected chi connectivity index (χ3v) is 2.58. The number of pyridine rings is 1.